The Hall–Kier alpha value is -2.95. The van der Waals surface area contributed by atoms with E-state index in [1.165, 1.54) is 6.07 Å². The molecule has 1 atom stereocenters. The Labute approximate surface area is 163 Å². The highest BCUT2D eigenvalue weighted by Gasteiger charge is 2.51. The zero-order chi connectivity index (χ0) is 19.1. The second-order valence-corrected chi connectivity index (χ2v) is 7.78. The molecule has 0 aliphatic heterocycles. The fourth-order valence-electron chi connectivity index (χ4n) is 4.36. The number of carbonyl (C=O) groups excluding carboxylic acids is 1. The minimum Gasteiger partial charge on any atom is -0.348 e. The molecule has 1 N–H and O–H groups in total. The van der Waals surface area contributed by atoms with Crippen LogP contribution in [0.3, 0.4) is 0 Å². The largest absolute Gasteiger partial charge is 0.348 e. The van der Waals surface area contributed by atoms with Crippen molar-refractivity contribution >= 4 is 5.91 Å². The predicted molar refractivity (Wildman–Crippen MR) is 105 cm³/mol. The third-order valence-corrected chi connectivity index (χ3v) is 6.08. The lowest BCUT2D eigenvalue weighted by atomic mass is 9.90. The number of fused-ring (bicyclic) bond motifs is 1. The molecule has 0 bridgehead atoms. The van der Waals surface area contributed by atoms with Crippen LogP contribution in [0.1, 0.15) is 48.5 Å². The van der Waals surface area contributed by atoms with Crippen molar-refractivity contribution in [3.8, 4) is 5.69 Å². The molecule has 1 saturated carbocycles. The lowest BCUT2D eigenvalue weighted by Gasteiger charge is -2.26. The van der Waals surface area contributed by atoms with E-state index in [1.807, 2.05) is 36.4 Å². The quantitative estimate of drug-likeness (QED) is 0.742. The van der Waals surface area contributed by atoms with E-state index >= 15 is 0 Å². The molecule has 0 radical (unpaired) electrons. The maximum absolute atomic E-state index is 14.3. The topological polar surface area (TPSA) is 46.9 Å². The predicted octanol–water partition coefficient (Wildman–Crippen LogP) is 4.24. The molecule has 1 amide bonds. The van der Waals surface area contributed by atoms with Crippen LogP contribution in [-0.2, 0) is 16.6 Å². The summed E-state index contributed by atoms with van der Waals surface area (Å²) in [4.78, 5) is 13.1. The molecule has 142 valence electrons. The van der Waals surface area contributed by atoms with Crippen LogP contribution in [0.5, 0.6) is 0 Å². The van der Waals surface area contributed by atoms with Gasteiger partial charge in [-0.15, -0.1) is 0 Å². The number of rotatable bonds is 4. The van der Waals surface area contributed by atoms with Crippen molar-refractivity contribution in [1.82, 2.24) is 15.1 Å². The normalized spacial score (nSPS) is 19.7. The van der Waals surface area contributed by atoms with Crippen molar-refractivity contribution in [1.29, 1.82) is 0 Å². The van der Waals surface area contributed by atoms with Gasteiger partial charge in [-0.05, 0) is 49.8 Å². The number of carbonyl (C=O) groups is 1. The van der Waals surface area contributed by atoms with Crippen LogP contribution in [0.15, 0.2) is 60.8 Å². The van der Waals surface area contributed by atoms with E-state index in [9.17, 15) is 9.18 Å². The lowest BCUT2D eigenvalue weighted by molar-refractivity contribution is -0.124. The first-order valence-electron chi connectivity index (χ1n) is 9.87. The first kappa shape index (κ1) is 17.2. The molecule has 1 aromatic heterocycles. The molecule has 1 fully saturated rings. The van der Waals surface area contributed by atoms with Crippen molar-refractivity contribution in [2.45, 2.75) is 43.6 Å². The number of nitrogens with zero attached hydrogens (tertiary/aromatic N) is 2. The third kappa shape index (κ3) is 2.73. The maximum Gasteiger partial charge on any atom is 0.231 e. The van der Waals surface area contributed by atoms with Crippen LogP contribution in [0.2, 0.25) is 0 Å². The minimum absolute atomic E-state index is 0.0713. The number of hydrogen-bond donors (Lipinski definition) is 1. The molecular formula is C23H22FN3O. The zero-order valence-electron chi connectivity index (χ0n) is 15.6. The molecule has 0 saturated heterocycles. The van der Waals surface area contributed by atoms with Gasteiger partial charge in [-0.2, -0.15) is 5.10 Å². The third-order valence-electron chi connectivity index (χ3n) is 6.08. The molecule has 1 heterocycles. The van der Waals surface area contributed by atoms with Crippen LogP contribution in [0.25, 0.3) is 5.69 Å². The van der Waals surface area contributed by atoms with Crippen LogP contribution in [0.4, 0.5) is 4.39 Å². The van der Waals surface area contributed by atoms with Crippen LogP contribution in [-0.4, -0.2) is 15.7 Å². The van der Waals surface area contributed by atoms with Crippen molar-refractivity contribution in [3.63, 3.8) is 0 Å². The number of hydrogen-bond acceptors (Lipinski definition) is 2. The summed E-state index contributed by atoms with van der Waals surface area (Å²) in [6.07, 6.45) is 6.21. The van der Waals surface area contributed by atoms with Crippen molar-refractivity contribution in [3.05, 3.63) is 83.4 Å². The Balaban J connectivity index is 1.42. The van der Waals surface area contributed by atoms with Crippen LogP contribution in [0, 0.1) is 5.82 Å². The van der Waals surface area contributed by atoms with Crippen molar-refractivity contribution in [2.75, 3.05) is 0 Å². The number of amides is 1. The van der Waals surface area contributed by atoms with Gasteiger partial charge in [-0.25, -0.2) is 9.07 Å². The number of halogens is 1. The van der Waals surface area contributed by atoms with Gasteiger partial charge >= 0.3 is 0 Å². The van der Waals surface area contributed by atoms with E-state index in [1.54, 1.807) is 23.0 Å². The smallest absolute Gasteiger partial charge is 0.231 e. The summed E-state index contributed by atoms with van der Waals surface area (Å²) < 4.78 is 15.9. The van der Waals surface area contributed by atoms with Gasteiger partial charge in [0.25, 0.3) is 0 Å². The lowest BCUT2D eigenvalue weighted by Crippen LogP contribution is -2.38. The summed E-state index contributed by atoms with van der Waals surface area (Å²) in [5, 5.41) is 7.72. The average Bonchev–Trinajstić information content (AvgIpc) is 3.43. The van der Waals surface area contributed by atoms with Crippen molar-refractivity contribution < 1.29 is 9.18 Å². The van der Waals surface area contributed by atoms with E-state index in [0.717, 1.165) is 48.9 Å². The molecule has 2 aliphatic rings. The van der Waals surface area contributed by atoms with E-state index in [4.69, 9.17) is 0 Å². The Morgan fingerprint density at radius 2 is 1.86 bits per heavy atom. The molecule has 28 heavy (non-hydrogen) atoms. The van der Waals surface area contributed by atoms with Gasteiger partial charge in [0.15, 0.2) is 0 Å². The fraction of sp³-hybridized carbons (Fsp3) is 0.304. The van der Waals surface area contributed by atoms with E-state index in [-0.39, 0.29) is 23.2 Å². The molecule has 5 rings (SSSR count). The number of benzene rings is 2. The van der Waals surface area contributed by atoms with Crippen LogP contribution >= 0.6 is 0 Å². The highest BCUT2D eigenvalue weighted by molar-refractivity contribution is 5.91. The number of nitrogens with one attached hydrogen (secondary N) is 1. The molecule has 3 aromatic rings. The van der Waals surface area contributed by atoms with Crippen LogP contribution < -0.4 is 5.32 Å². The van der Waals surface area contributed by atoms with Gasteiger partial charge in [-0.1, -0.05) is 42.5 Å². The molecular weight excluding hydrogens is 353 g/mol. The zero-order valence-corrected chi connectivity index (χ0v) is 15.6. The summed E-state index contributed by atoms with van der Waals surface area (Å²) >= 11 is 0. The Kier molecular flexibility index (Phi) is 4.04. The second-order valence-electron chi connectivity index (χ2n) is 7.78. The molecule has 2 aliphatic carbocycles. The Bertz CT molecular complexity index is 1020. The average molecular weight is 375 g/mol. The molecule has 5 heteroatoms. The molecule has 2 aromatic carbocycles. The van der Waals surface area contributed by atoms with Gasteiger partial charge in [0.2, 0.25) is 5.91 Å². The fourth-order valence-corrected chi connectivity index (χ4v) is 4.36. The maximum atomic E-state index is 14.3. The number of para-hydroxylation sites is 1. The van der Waals surface area contributed by atoms with Gasteiger partial charge in [0, 0.05) is 11.3 Å². The molecule has 4 nitrogen and oxygen atoms in total. The van der Waals surface area contributed by atoms with Crippen molar-refractivity contribution in [2.24, 2.45) is 0 Å². The van der Waals surface area contributed by atoms with E-state index in [2.05, 4.69) is 10.4 Å². The minimum atomic E-state index is -0.388. The Morgan fingerprint density at radius 3 is 2.61 bits per heavy atom. The highest BCUT2D eigenvalue weighted by atomic mass is 19.1. The highest BCUT2D eigenvalue weighted by Crippen LogP contribution is 2.49. The van der Waals surface area contributed by atoms with Gasteiger partial charge in [0.05, 0.1) is 17.7 Å². The molecule has 0 unspecified atom stereocenters. The van der Waals surface area contributed by atoms with E-state index < -0.39 is 0 Å². The van der Waals surface area contributed by atoms with Gasteiger partial charge in [0.1, 0.15) is 11.5 Å². The first-order chi connectivity index (χ1) is 13.7. The number of aromatic nitrogens is 2. The summed E-state index contributed by atoms with van der Waals surface area (Å²) in [7, 11) is 0. The summed E-state index contributed by atoms with van der Waals surface area (Å²) in [6.45, 7) is 0. The summed E-state index contributed by atoms with van der Waals surface area (Å²) in [5.41, 5.74) is 3.16. The first-order valence-corrected chi connectivity index (χ1v) is 9.87. The van der Waals surface area contributed by atoms with Gasteiger partial charge < -0.3 is 5.32 Å². The summed E-state index contributed by atoms with van der Waals surface area (Å²) in [5.74, 6) is -0.198. The monoisotopic (exact) mass is 375 g/mol. The second kappa shape index (κ2) is 6.59. The Morgan fingerprint density at radius 1 is 1.11 bits per heavy atom. The van der Waals surface area contributed by atoms with E-state index in [0.29, 0.717) is 5.69 Å². The standard InChI is InChI=1S/C23H22FN3O/c24-18-9-4-5-11-21(18)27-20-12-6-10-19(17(20)15-25-27)26-22(28)23(13-14-23)16-7-2-1-3-8-16/h1-5,7-9,11,15,19H,6,10,12-14H2,(H,26,28)/t19-/m0/s1. The summed E-state index contributed by atoms with van der Waals surface area (Å²) in [6, 6.07) is 16.6. The van der Waals surface area contributed by atoms with Gasteiger partial charge in [-0.3, -0.25) is 4.79 Å². The molecule has 0 spiro atoms. The SMILES string of the molecule is O=C(N[C@H]1CCCc2c1cnn2-c1ccccc1F)C1(c2ccccc2)CC1.